The maximum atomic E-state index is 12.7. The fourth-order valence-electron chi connectivity index (χ4n) is 2.74. The Morgan fingerprint density at radius 2 is 1.54 bits per heavy atom. The lowest BCUT2D eigenvalue weighted by atomic mass is 10.0. The van der Waals surface area contributed by atoms with Gasteiger partial charge in [0.15, 0.2) is 6.10 Å². The van der Waals surface area contributed by atoms with E-state index >= 15 is 0 Å². The maximum Gasteiger partial charge on any atom is 0.265 e. The van der Waals surface area contributed by atoms with Crippen LogP contribution in [0.1, 0.15) is 63.4 Å². The Bertz CT molecular complexity index is 838. The predicted molar refractivity (Wildman–Crippen MR) is 113 cm³/mol. The molecule has 0 fully saturated rings. The molecule has 1 unspecified atom stereocenters. The van der Waals surface area contributed by atoms with Gasteiger partial charge >= 0.3 is 0 Å². The van der Waals surface area contributed by atoms with E-state index in [0.29, 0.717) is 17.0 Å². The van der Waals surface area contributed by atoms with Crippen LogP contribution in [0.3, 0.4) is 0 Å². The van der Waals surface area contributed by atoms with Crippen LogP contribution in [0.4, 0.5) is 5.69 Å². The van der Waals surface area contributed by atoms with Crippen LogP contribution < -0.4 is 15.4 Å². The molecule has 1 atom stereocenters. The SMILES string of the molecule is CC(Oc1ccccc1C(C)C)C(=O)Nc1ccccc1C(=O)NC(C)(C)C. The van der Waals surface area contributed by atoms with Crippen molar-refractivity contribution in [2.24, 2.45) is 0 Å². The van der Waals surface area contributed by atoms with Gasteiger partial charge in [-0.2, -0.15) is 0 Å². The van der Waals surface area contributed by atoms with Gasteiger partial charge in [0.05, 0.1) is 11.3 Å². The molecule has 2 aromatic carbocycles. The Morgan fingerprint density at radius 3 is 2.18 bits per heavy atom. The molecule has 2 rings (SSSR count). The first-order valence-electron chi connectivity index (χ1n) is 9.56. The van der Waals surface area contributed by atoms with E-state index < -0.39 is 6.10 Å². The maximum absolute atomic E-state index is 12.7. The number of anilines is 1. The lowest BCUT2D eigenvalue weighted by Crippen LogP contribution is -2.41. The predicted octanol–water partition coefficient (Wildman–Crippen LogP) is 4.74. The zero-order valence-corrected chi connectivity index (χ0v) is 17.5. The molecule has 0 heterocycles. The fourth-order valence-corrected chi connectivity index (χ4v) is 2.74. The van der Waals surface area contributed by atoms with Crippen LogP contribution in [0.15, 0.2) is 48.5 Å². The van der Waals surface area contributed by atoms with Gasteiger partial charge in [0.1, 0.15) is 5.75 Å². The number of hydrogen-bond donors (Lipinski definition) is 2. The van der Waals surface area contributed by atoms with Crippen molar-refractivity contribution in [1.82, 2.24) is 5.32 Å². The van der Waals surface area contributed by atoms with Gasteiger partial charge in [-0.25, -0.2) is 0 Å². The summed E-state index contributed by atoms with van der Waals surface area (Å²) in [6.45, 7) is 11.6. The second-order valence-corrected chi connectivity index (χ2v) is 8.19. The number of amides is 2. The molecule has 0 bridgehead atoms. The summed E-state index contributed by atoms with van der Waals surface area (Å²) < 4.78 is 5.91. The van der Waals surface area contributed by atoms with Gasteiger partial charge in [0, 0.05) is 5.54 Å². The van der Waals surface area contributed by atoms with Crippen molar-refractivity contribution in [3.05, 3.63) is 59.7 Å². The molecule has 2 N–H and O–H groups in total. The highest BCUT2D eigenvalue weighted by Crippen LogP contribution is 2.27. The summed E-state index contributed by atoms with van der Waals surface area (Å²) in [4.78, 5) is 25.2. The summed E-state index contributed by atoms with van der Waals surface area (Å²) in [6.07, 6.45) is -0.710. The van der Waals surface area contributed by atoms with Crippen molar-refractivity contribution in [3.63, 3.8) is 0 Å². The van der Waals surface area contributed by atoms with E-state index in [-0.39, 0.29) is 23.3 Å². The molecule has 5 nitrogen and oxygen atoms in total. The van der Waals surface area contributed by atoms with E-state index in [1.165, 1.54) is 0 Å². The van der Waals surface area contributed by atoms with E-state index in [1.807, 2.05) is 45.0 Å². The first-order valence-corrected chi connectivity index (χ1v) is 9.56. The zero-order valence-electron chi connectivity index (χ0n) is 17.5. The molecular weight excluding hydrogens is 352 g/mol. The molecule has 0 aliphatic rings. The third-order valence-corrected chi connectivity index (χ3v) is 4.13. The molecule has 0 aliphatic carbocycles. The normalized spacial score (nSPS) is 12.4. The van der Waals surface area contributed by atoms with E-state index in [0.717, 1.165) is 5.56 Å². The van der Waals surface area contributed by atoms with Gasteiger partial charge in [0.25, 0.3) is 11.8 Å². The van der Waals surface area contributed by atoms with Crippen molar-refractivity contribution < 1.29 is 14.3 Å². The minimum absolute atomic E-state index is 0.234. The zero-order chi connectivity index (χ0) is 20.9. The number of para-hydroxylation sites is 2. The Kier molecular flexibility index (Phi) is 6.84. The van der Waals surface area contributed by atoms with Gasteiger partial charge in [-0.1, -0.05) is 44.2 Å². The van der Waals surface area contributed by atoms with Crippen molar-refractivity contribution in [1.29, 1.82) is 0 Å². The van der Waals surface area contributed by atoms with E-state index in [9.17, 15) is 9.59 Å². The molecule has 0 saturated heterocycles. The highest BCUT2D eigenvalue weighted by atomic mass is 16.5. The Hall–Kier alpha value is -2.82. The van der Waals surface area contributed by atoms with Crippen LogP contribution in [-0.4, -0.2) is 23.5 Å². The van der Waals surface area contributed by atoms with Crippen molar-refractivity contribution in [2.75, 3.05) is 5.32 Å². The Morgan fingerprint density at radius 1 is 0.929 bits per heavy atom. The third-order valence-electron chi connectivity index (χ3n) is 4.13. The van der Waals surface area contributed by atoms with Crippen molar-refractivity contribution >= 4 is 17.5 Å². The second kappa shape index (κ2) is 8.91. The Labute approximate surface area is 167 Å². The van der Waals surface area contributed by atoms with Crippen LogP contribution >= 0.6 is 0 Å². The minimum atomic E-state index is -0.710. The van der Waals surface area contributed by atoms with Gasteiger partial charge in [-0.05, 0) is 57.4 Å². The van der Waals surface area contributed by atoms with E-state index in [2.05, 4.69) is 24.5 Å². The number of hydrogen-bond acceptors (Lipinski definition) is 3. The number of carbonyl (C=O) groups excluding carboxylic acids is 2. The summed E-state index contributed by atoms with van der Waals surface area (Å²) in [5.41, 5.74) is 1.56. The summed E-state index contributed by atoms with van der Waals surface area (Å²) in [6, 6.07) is 14.7. The average molecular weight is 383 g/mol. The first kappa shape index (κ1) is 21.5. The topological polar surface area (TPSA) is 67.4 Å². The molecule has 2 aromatic rings. The summed E-state index contributed by atoms with van der Waals surface area (Å²) in [7, 11) is 0. The van der Waals surface area contributed by atoms with Crippen LogP contribution in [0, 0.1) is 0 Å². The first-order chi connectivity index (χ1) is 13.1. The fraction of sp³-hybridized carbons (Fsp3) is 0.391. The molecule has 28 heavy (non-hydrogen) atoms. The summed E-state index contributed by atoms with van der Waals surface area (Å²) in [5, 5.41) is 5.74. The van der Waals surface area contributed by atoms with E-state index in [4.69, 9.17) is 4.74 Å². The molecule has 0 spiro atoms. The molecule has 0 aromatic heterocycles. The largest absolute Gasteiger partial charge is 0.481 e. The monoisotopic (exact) mass is 382 g/mol. The van der Waals surface area contributed by atoms with Crippen LogP contribution in [0.5, 0.6) is 5.75 Å². The van der Waals surface area contributed by atoms with Crippen LogP contribution in [-0.2, 0) is 4.79 Å². The average Bonchev–Trinajstić information content (AvgIpc) is 2.60. The van der Waals surface area contributed by atoms with Gasteiger partial charge in [-0.3, -0.25) is 9.59 Å². The van der Waals surface area contributed by atoms with E-state index in [1.54, 1.807) is 31.2 Å². The summed E-state index contributed by atoms with van der Waals surface area (Å²) in [5.74, 6) is 0.434. The van der Waals surface area contributed by atoms with Gasteiger partial charge < -0.3 is 15.4 Å². The standard InChI is InChI=1S/C23H30N2O3/c1-15(2)17-11-8-10-14-20(17)28-16(3)21(26)24-19-13-9-7-12-18(19)22(27)25-23(4,5)6/h7-16H,1-6H3,(H,24,26)(H,25,27). The highest BCUT2D eigenvalue weighted by molar-refractivity contribution is 6.04. The number of benzene rings is 2. The lowest BCUT2D eigenvalue weighted by Gasteiger charge is -2.22. The summed E-state index contributed by atoms with van der Waals surface area (Å²) >= 11 is 0. The number of rotatable bonds is 6. The van der Waals surface area contributed by atoms with Crippen LogP contribution in [0.2, 0.25) is 0 Å². The second-order valence-electron chi connectivity index (χ2n) is 8.19. The molecule has 0 radical (unpaired) electrons. The minimum Gasteiger partial charge on any atom is -0.481 e. The van der Waals surface area contributed by atoms with Crippen molar-refractivity contribution in [2.45, 2.75) is 59.1 Å². The highest BCUT2D eigenvalue weighted by Gasteiger charge is 2.21. The molecule has 150 valence electrons. The molecule has 0 aliphatic heterocycles. The number of ether oxygens (including phenoxy) is 1. The van der Waals surface area contributed by atoms with Crippen molar-refractivity contribution in [3.8, 4) is 5.75 Å². The number of carbonyl (C=O) groups is 2. The Balaban J connectivity index is 2.14. The smallest absolute Gasteiger partial charge is 0.265 e. The molecule has 2 amide bonds. The molecular formula is C23H30N2O3. The lowest BCUT2D eigenvalue weighted by molar-refractivity contribution is -0.122. The van der Waals surface area contributed by atoms with Gasteiger partial charge in [0.2, 0.25) is 0 Å². The van der Waals surface area contributed by atoms with Crippen LogP contribution in [0.25, 0.3) is 0 Å². The van der Waals surface area contributed by atoms with Gasteiger partial charge in [-0.15, -0.1) is 0 Å². The molecule has 0 saturated carbocycles. The number of nitrogens with one attached hydrogen (secondary N) is 2. The third kappa shape index (κ3) is 5.84. The quantitative estimate of drug-likeness (QED) is 0.758. The molecule has 5 heteroatoms.